The Hall–Kier alpha value is -0.570. The first-order valence-corrected chi connectivity index (χ1v) is 6.79. The number of hydrogen-bond acceptors (Lipinski definition) is 2. The van der Waals surface area contributed by atoms with Gasteiger partial charge in [-0.2, -0.15) is 0 Å². The number of piperidine rings is 1. The Bertz CT molecular complexity index is 232. The Morgan fingerprint density at radius 3 is 2.62 bits per heavy atom. The lowest BCUT2D eigenvalue weighted by Gasteiger charge is -2.29. The average Bonchev–Trinajstić information content (AvgIpc) is 3.13. The van der Waals surface area contributed by atoms with Gasteiger partial charge < -0.3 is 10.2 Å². The molecule has 1 heterocycles. The summed E-state index contributed by atoms with van der Waals surface area (Å²) in [6.45, 7) is 4.94. The molecule has 1 unspecified atom stereocenters. The van der Waals surface area contributed by atoms with E-state index in [-0.39, 0.29) is 6.04 Å². The number of carbonyl (C=O) groups excluding carboxylic acids is 1. The summed E-state index contributed by atoms with van der Waals surface area (Å²) < 4.78 is 0. The van der Waals surface area contributed by atoms with Crippen LogP contribution < -0.4 is 5.32 Å². The molecule has 16 heavy (non-hydrogen) atoms. The van der Waals surface area contributed by atoms with Crippen LogP contribution in [-0.2, 0) is 4.79 Å². The van der Waals surface area contributed by atoms with Gasteiger partial charge in [0.05, 0.1) is 6.04 Å². The first-order valence-electron chi connectivity index (χ1n) is 6.79. The van der Waals surface area contributed by atoms with Crippen LogP contribution in [0.5, 0.6) is 0 Å². The Kier molecular flexibility index (Phi) is 4.22. The van der Waals surface area contributed by atoms with Crippen LogP contribution >= 0.6 is 0 Å². The molecule has 92 valence electrons. The summed E-state index contributed by atoms with van der Waals surface area (Å²) in [5, 5.41) is 3.36. The van der Waals surface area contributed by atoms with Crippen molar-refractivity contribution in [3.8, 4) is 0 Å². The maximum atomic E-state index is 12.1. The minimum atomic E-state index is 0.0110. The van der Waals surface area contributed by atoms with Crippen molar-refractivity contribution < 1.29 is 4.79 Å². The molecule has 3 nitrogen and oxygen atoms in total. The molecular weight excluding hydrogens is 200 g/mol. The van der Waals surface area contributed by atoms with Crippen molar-refractivity contribution in [2.75, 3.05) is 19.6 Å². The fourth-order valence-corrected chi connectivity index (χ4v) is 2.39. The lowest BCUT2D eigenvalue weighted by molar-refractivity contribution is -0.133. The smallest absolute Gasteiger partial charge is 0.239 e. The molecule has 1 atom stereocenters. The lowest BCUT2D eigenvalue weighted by atomic mass is 10.1. The van der Waals surface area contributed by atoms with Crippen molar-refractivity contribution in [2.24, 2.45) is 5.92 Å². The zero-order chi connectivity index (χ0) is 11.4. The SMILES string of the molecule is CC(NCCC1CC1)C(=O)N1CCCCC1. The number of carbonyl (C=O) groups is 1. The molecule has 0 bridgehead atoms. The predicted molar refractivity (Wildman–Crippen MR) is 65.2 cm³/mol. The van der Waals surface area contributed by atoms with Crippen molar-refractivity contribution >= 4 is 5.91 Å². The highest BCUT2D eigenvalue weighted by atomic mass is 16.2. The van der Waals surface area contributed by atoms with E-state index in [1.165, 1.54) is 38.5 Å². The zero-order valence-corrected chi connectivity index (χ0v) is 10.4. The van der Waals surface area contributed by atoms with Crippen molar-refractivity contribution in [1.29, 1.82) is 0 Å². The van der Waals surface area contributed by atoms with Gasteiger partial charge in [0, 0.05) is 13.1 Å². The van der Waals surface area contributed by atoms with E-state index in [1.807, 2.05) is 11.8 Å². The van der Waals surface area contributed by atoms with Gasteiger partial charge in [-0.25, -0.2) is 0 Å². The lowest BCUT2D eigenvalue weighted by Crippen LogP contribution is -2.47. The molecule has 2 rings (SSSR count). The molecule has 0 aromatic rings. The van der Waals surface area contributed by atoms with E-state index in [4.69, 9.17) is 0 Å². The highest BCUT2D eigenvalue weighted by Gasteiger charge is 2.23. The van der Waals surface area contributed by atoms with Crippen LogP contribution in [0.25, 0.3) is 0 Å². The van der Waals surface area contributed by atoms with Gasteiger partial charge in [-0.1, -0.05) is 12.8 Å². The predicted octanol–water partition coefficient (Wildman–Crippen LogP) is 1.78. The van der Waals surface area contributed by atoms with E-state index in [9.17, 15) is 4.79 Å². The Balaban J connectivity index is 1.65. The van der Waals surface area contributed by atoms with Crippen LogP contribution in [0, 0.1) is 5.92 Å². The van der Waals surface area contributed by atoms with Crippen molar-refractivity contribution in [3.05, 3.63) is 0 Å². The minimum absolute atomic E-state index is 0.0110. The molecule has 1 saturated carbocycles. The minimum Gasteiger partial charge on any atom is -0.341 e. The van der Waals surface area contributed by atoms with E-state index >= 15 is 0 Å². The Labute approximate surface area is 98.6 Å². The van der Waals surface area contributed by atoms with E-state index < -0.39 is 0 Å². The van der Waals surface area contributed by atoms with Crippen LogP contribution in [0.3, 0.4) is 0 Å². The second kappa shape index (κ2) is 5.67. The van der Waals surface area contributed by atoms with Crippen LogP contribution in [-0.4, -0.2) is 36.5 Å². The fourth-order valence-electron chi connectivity index (χ4n) is 2.39. The molecule has 0 aromatic carbocycles. The van der Waals surface area contributed by atoms with Crippen molar-refractivity contribution in [1.82, 2.24) is 10.2 Å². The van der Waals surface area contributed by atoms with E-state index in [2.05, 4.69) is 5.32 Å². The normalized spacial score (nSPS) is 23.2. The standard InChI is InChI=1S/C13H24N2O/c1-11(14-8-7-12-5-6-12)13(16)15-9-3-2-4-10-15/h11-12,14H,2-10H2,1H3. The maximum Gasteiger partial charge on any atom is 0.239 e. The molecule has 2 aliphatic rings. The quantitative estimate of drug-likeness (QED) is 0.772. The van der Waals surface area contributed by atoms with Crippen molar-refractivity contribution in [2.45, 2.75) is 51.5 Å². The van der Waals surface area contributed by atoms with Crippen molar-refractivity contribution in [3.63, 3.8) is 0 Å². The number of hydrogen-bond donors (Lipinski definition) is 1. The third kappa shape index (κ3) is 3.48. The Morgan fingerprint density at radius 1 is 1.31 bits per heavy atom. The Morgan fingerprint density at radius 2 is 2.00 bits per heavy atom. The first kappa shape index (κ1) is 11.9. The molecule has 1 amide bonds. The molecule has 1 aliphatic heterocycles. The number of rotatable bonds is 5. The highest BCUT2D eigenvalue weighted by molar-refractivity contribution is 5.81. The van der Waals surface area contributed by atoms with Crippen LogP contribution in [0.15, 0.2) is 0 Å². The van der Waals surface area contributed by atoms with Gasteiger partial charge in [0.1, 0.15) is 0 Å². The van der Waals surface area contributed by atoms with Gasteiger partial charge in [-0.05, 0) is 45.1 Å². The van der Waals surface area contributed by atoms with Crippen LogP contribution in [0.2, 0.25) is 0 Å². The maximum absolute atomic E-state index is 12.1. The molecule has 1 saturated heterocycles. The van der Waals surface area contributed by atoms with E-state index in [0.717, 1.165) is 25.6 Å². The number of nitrogens with zero attached hydrogens (tertiary/aromatic N) is 1. The molecule has 0 aromatic heterocycles. The average molecular weight is 224 g/mol. The van der Waals surface area contributed by atoms with Gasteiger partial charge in [-0.3, -0.25) is 4.79 Å². The molecular formula is C13H24N2O. The van der Waals surface area contributed by atoms with Gasteiger partial charge >= 0.3 is 0 Å². The summed E-state index contributed by atoms with van der Waals surface area (Å²) in [4.78, 5) is 14.1. The monoisotopic (exact) mass is 224 g/mol. The highest BCUT2D eigenvalue weighted by Crippen LogP contribution is 2.31. The molecule has 3 heteroatoms. The summed E-state index contributed by atoms with van der Waals surface area (Å²) in [6.07, 6.45) is 7.69. The first-order chi connectivity index (χ1) is 7.77. The van der Waals surface area contributed by atoms with Gasteiger partial charge in [-0.15, -0.1) is 0 Å². The largest absolute Gasteiger partial charge is 0.341 e. The number of amides is 1. The molecule has 0 radical (unpaired) electrons. The summed E-state index contributed by atoms with van der Waals surface area (Å²) in [6, 6.07) is 0.0110. The van der Waals surface area contributed by atoms with Crippen LogP contribution in [0.4, 0.5) is 0 Å². The fraction of sp³-hybridized carbons (Fsp3) is 0.923. The summed E-state index contributed by atoms with van der Waals surface area (Å²) in [7, 11) is 0. The van der Waals surface area contributed by atoms with Gasteiger partial charge in [0.15, 0.2) is 0 Å². The van der Waals surface area contributed by atoms with E-state index in [1.54, 1.807) is 0 Å². The molecule has 1 N–H and O–H groups in total. The van der Waals surface area contributed by atoms with Crippen LogP contribution in [0.1, 0.15) is 45.4 Å². The van der Waals surface area contributed by atoms with Gasteiger partial charge in [0.2, 0.25) is 5.91 Å². The number of nitrogens with one attached hydrogen (secondary N) is 1. The molecule has 0 spiro atoms. The number of likely N-dealkylation sites (tertiary alicyclic amines) is 1. The second-order valence-corrected chi connectivity index (χ2v) is 5.29. The third-order valence-corrected chi connectivity index (χ3v) is 3.74. The molecule has 2 fully saturated rings. The molecule has 1 aliphatic carbocycles. The van der Waals surface area contributed by atoms with E-state index in [0.29, 0.717) is 5.91 Å². The summed E-state index contributed by atoms with van der Waals surface area (Å²) >= 11 is 0. The summed E-state index contributed by atoms with van der Waals surface area (Å²) in [5.74, 6) is 1.25. The topological polar surface area (TPSA) is 32.3 Å². The summed E-state index contributed by atoms with van der Waals surface area (Å²) in [5.41, 5.74) is 0. The van der Waals surface area contributed by atoms with Gasteiger partial charge in [0.25, 0.3) is 0 Å². The third-order valence-electron chi connectivity index (χ3n) is 3.74. The zero-order valence-electron chi connectivity index (χ0n) is 10.4. The second-order valence-electron chi connectivity index (χ2n) is 5.29.